The molecule has 0 fully saturated rings. The standard InChI is InChI=1S/C9H11NO2.C7H6N4S.C2H6/c1-2-12-9-5-7(6-10)3-4-8(9)11;12-7-9-6(10-11-7)5-1-3-8-4-2-5;1-2/h3-6,10-11H,2H2,1H3;1-4H,(H2,9,10,11,12);1-2H3. The summed E-state index contributed by atoms with van der Waals surface area (Å²) < 4.78 is 5.59. The lowest BCUT2D eigenvalue weighted by atomic mass is 10.2. The van der Waals surface area contributed by atoms with Crippen molar-refractivity contribution in [3.8, 4) is 22.9 Å². The minimum Gasteiger partial charge on any atom is -0.504 e. The van der Waals surface area contributed by atoms with Crippen LogP contribution in [0, 0.1) is 10.2 Å². The molecule has 0 saturated heterocycles. The monoisotopic (exact) mass is 373 g/mol. The van der Waals surface area contributed by atoms with Crippen molar-refractivity contribution >= 4 is 18.4 Å². The molecule has 2 aromatic heterocycles. The van der Waals surface area contributed by atoms with Gasteiger partial charge in [0.1, 0.15) is 0 Å². The molecule has 3 rings (SSSR count). The fourth-order valence-corrected chi connectivity index (χ4v) is 1.95. The number of nitrogens with one attached hydrogen (secondary N) is 3. The van der Waals surface area contributed by atoms with E-state index in [0.717, 1.165) is 17.0 Å². The molecule has 1 aromatic carbocycles. The first-order valence-electron chi connectivity index (χ1n) is 8.15. The Morgan fingerprint density at radius 3 is 2.42 bits per heavy atom. The fraction of sp³-hybridized carbons (Fsp3) is 0.222. The van der Waals surface area contributed by atoms with Crippen molar-refractivity contribution < 1.29 is 9.84 Å². The Labute approximate surface area is 157 Å². The maximum Gasteiger partial charge on any atom is 0.213 e. The van der Waals surface area contributed by atoms with Gasteiger partial charge in [0.05, 0.1) is 6.61 Å². The number of phenols is 1. The molecule has 0 unspecified atom stereocenters. The molecule has 0 amide bonds. The second kappa shape index (κ2) is 11.5. The highest BCUT2D eigenvalue weighted by molar-refractivity contribution is 7.71. The van der Waals surface area contributed by atoms with Gasteiger partial charge in [0.15, 0.2) is 17.3 Å². The van der Waals surface area contributed by atoms with E-state index in [1.807, 2.05) is 32.9 Å². The van der Waals surface area contributed by atoms with E-state index in [4.69, 9.17) is 22.4 Å². The molecule has 0 aliphatic rings. The Morgan fingerprint density at radius 1 is 1.19 bits per heavy atom. The zero-order valence-corrected chi connectivity index (χ0v) is 15.8. The Hall–Kier alpha value is -3.00. The number of nitrogens with zero attached hydrogens (tertiary/aromatic N) is 2. The molecule has 0 bridgehead atoms. The predicted octanol–water partition coefficient (Wildman–Crippen LogP) is 4.34. The molecule has 0 radical (unpaired) electrons. The molecule has 3 aromatic rings. The number of pyridine rings is 1. The molecule has 4 N–H and O–H groups in total. The van der Waals surface area contributed by atoms with Gasteiger partial charge in [-0.2, -0.15) is 4.98 Å². The number of hydrogen-bond acceptors (Lipinski definition) is 6. The van der Waals surface area contributed by atoms with E-state index in [2.05, 4.69) is 20.2 Å². The van der Waals surface area contributed by atoms with E-state index in [-0.39, 0.29) is 5.75 Å². The second-order valence-electron chi connectivity index (χ2n) is 4.56. The number of phenolic OH excluding ortho intramolecular Hbond substituents is 1. The molecule has 26 heavy (non-hydrogen) atoms. The van der Waals surface area contributed by atoms with E-state index in [1.165, 1.54) is 12.3 Å². The molecule has 0 aliphatic carbocycles. The summed E-state index contributed by atoms with van der Waals surface area (Å²) in [6.45, 7) is 6.35. The van der Waals surface area contributed by atoms with Gasteiger partial charge < -0.3 is 15.3 Å². The second-order valence-corrected chi connectivity index (χ2v) is 4.94. The van der Waals surface area contributed by atoms with E-state index < -0.39 is 0 Å². The van der Waals surface area contributed by atoms with Crippen LogP contribution in [-0.4, -0.2) is 38.1 Å². The minimum atomic E-state index is 0.113. The van der Waals surface area contributed by atoms with Crippen LogP contribution in [0.25, 0.3) is 11.4 Å². The van der Waals surface area contributed by atoms with Crippen molar-refractivity contribution in [1.82, 2.24) is 20.2 Å². The molecule has 0 aliphatic heterocycles. The van der Waals surface area contributed by atoms with Gasteiger partial charge in [0, 0.05) is 24.2 Å². The lowest BCUT2D eigenvalue weighted by Crippen LogP contribution is -1.92. The summed E-state index contributed by atoms with van der Waals surface area (Å²) in [4.78, 5) is 7.96. The van der Waals surface area contributed by atoms with Gasteiger partial charge in [-0.3, -0.25) is 15.2 Å². The lowest BCUT2D eigenvalue weighted by Gasteiger charge is -2.05. The first kappa shape index (κ1) is 21.0. The summed E-state index contributed by atoms with van der Waals surface area (Å²) in [6, 6.07) is 8.53. The number of H-pyrrole nitrogens is 2. The molecule has 0 saturated carbocycles. The first-order valence-corrected chi connectivity index (χ1v) is 8.56. The largest absolute Gasteiger partial charge is 0.504 e. The summed E-state index contributed by atoms with van der Waals surface area (Å²) in [5.41, 5.74) is 1.69. The summed E-state index contributed by atoms with van der Waals surface area (Å²) in [7, 11) is 0. The van der Waals surface area contributed by atoms with E-state index in [1.54, 1.807) is 24.5 Å². The number of rotatable bonds is 4. The number of hydrogen-bond donors (Lipinski definition) is 4. The third-order valence-electron chi connectivity index (χ3n) is 2.91. The van der Waals surface area contributed by atoms with E-state index in [0.29, 0.717) is 17.1 Å². The maximum atomic E-state index is 9.26. The average Bonchev–Trinajstić information content (AvgIpc) is 3.13. The summed E-state index contributed by atoms with van der Waals surface area (Å²) in [6.07, 6.45) is 4.63. The average molecular weight is 373 g/mol. The highest BCUT2D eigenvalue weighted by atomic mass is 32.1. The predicted molar refractivity (Wildman–Crippen MR) is 106 cm³/mol. The third-order valence-corrected chi connectivity index (χ3v) is 3.10. The molecular weight excluding hydrogens is 350 g/mol. The van der Waals surface area contributed by atoms with Gasteiger partial charge in [-0.25, -0.2) is 0 Å². The van der Waals surface area contributed by atoms with Crippen LogP contribution in [0.1, 0.15) is 26.3 Å². The number of aromatic amines is 2. The fourth-order valence-electron chi connectivity index (χ4n) is 1.81. The number of benzene rings is 1. The van der Waals surface area contributed by atoms with Crippen LogP contribution in [0.2, 0.25) is 0 Å². The molecule has 7 nitrogen and oxygen atoms in total. The topological polar surface area (TPSA) is 111 Å². The number of aromatic hydroxyl groups is 1. The zero-order valence-electron chi connectivity index (χ0n) is 15.0. The van der Waals surface area contributed by atoms with Crippen LogP contribution in [0.5, 0.6) is 11.5 Å². The van der Waals surface area contributed by atoms with Crippen LogP contribution < -0.4 is 4.74 Å². The van der Waals surface area contributed by atoms with Crippen molar-refractivity contribution in [2.24, 2.45) is 0 Å². The van der Waals surface area contributed by atoms with Crippen LogP contribution in [0.3, 0.4) is 0 Å². The molecule has 0 spiro atoms. The molecule has 8 heteroatoms. The van der Waals surface area contributed by atoms with Gasteiger partial charge in [0.2, 0.25) is 4.77 Å². The van der Waals surface area contributed by atoms with E-state index in [9.17, 15) is 5.11 Å². The van der Waals surface area contributed by atoms with Crippen LogP contribution in [-0.2, 0) is 0 Å². The molecule has 138 valence electrons. The molecular formula is C18H23N5O2S. The normalized spacial score (nSPS) is 9.19. The highest BCUT2D eigenvalue weighted by Crippen LogP contribution is 2.25. The van der Waals surface area contributed by atoms with Crippen molar-refractivity contribution in [2.75, 3.05) is 6.61 Å². The number of ether oxygens (including phenoxy) is 1. The first-order chi connectivity index (χ1) is 12.6. The number of aromatic nitrogens is 4. The Balaban J connectivity index is 0.000000238. The third kappa shape index (κ3) is 6.48. The maximum absolute atomic E-state index is 9.26. The van der Waals surface area contributed by atoms with Crippen molar-refractivity contribution in [3.63, 3.8) is 0 Å². The van der Waals surface area contributed by atoms with Crippen LogP contribution in [0.15, 0.2) is 42.7 Å². The SMILES string of the molecule is CC.CCOc1cc(C=N)ccc1O.S=c1nc(-c2ccncc2)[nH][nH]1. The summed E-state index contributed by atoms with van der Waals surface area (Å²) in [5, 5.41) is 21.8. The minimum absolute atomic E-state index is 0.113. The highest BCUT2D eigenvalue weighted by Gasteiger charge is 2.01. The zero-order chi connectivity index (χ0) is 19.4. The quantitative estimate of drug-likeness (QED) is 0.401. The molecule has 2 heterocycles. The Morgan fingerprint density at radius 2 is 1.88 bits per heavy atom. The van der Waals surface area contributed by atoms with Crippen molar-refractivity contribution in [1.29, 1.82) is 5.41 Å². The Kier molecular flexibility index (Phi) is 9.34. The van der Waals surface area contributed by atoms with Gasteiger partial charge in [-0.05, 0) is 55.0 Å². The Bertz CT molecular complexity index is 846. The smallest absolute Gasteiger partial charge is 0.213 e. The van der Waals surface area contributed by atoms with Crippen LogP contribution in [0.4, 0.5) is 0 Å². The lowest BCUT2D eigenvalue weighted by molar-refractivity contribution is 0.318. The molecule has 0 atom stereocenters. The van der Waals surface area contributed by atoms with Crippen LogP contribution >= 0.6 is 12.2 Å². The van der Waals surface area contributed by atoms with Gasteiger partial charge in [-0.15, -0.1) is 0 Å². The van der Waals surface area contributed by atoms with Crippen molar-refractivity contribution in [2.45, 2.75) is 20.8 Å². The van der Waals surface area contributed by atoms with Gasteiger partial charge in [-0.1, -0.05) is 13.8 Å². The van der Waals surface area contributed by atoms with Crippen molar-refractivity contribution in [3.05, 3.63) is 53.1 Å². The van der Waals surface area contributed by atoms with Gasteiger partial charge in [0.25, 0.3) is 0 Å². The summed E-state index contributed by atoms with van der Waals surface area (Å²) in [5.74, 6) is 1.28. The summed E-state index contributed by atoms with van der Waals surface area (Å²) >= 11 is 4.82. The van der Waals surface area contributed by atoms with E-state index >= 15 is 0 Å². The van der Waals surface area contributed by atoms with Gasteiger partial charge >= 0.3 is 0 Å².